The second-order valence-electron chi connectivity index (χ2n) is 13.2. The summed E-state index contributed by atoms with van der Waals surface area (Å²) in [6.45, 7) is 15.2. The minimum atomic E-state index is -1.92. The molecule has 1 aliphatic heterocycles. The fraction of sp³-hybridized carbons (Fsp3) is 0.636. The highest BCUT2D eigenvalue weighted by Gasteiger charge is 2.37. The zero-order valence-corrected chi connectivity index (χ0v) is 29.5. The molecule has 1 atom stereocenters. The van der Waals surface area contributed by atoms with Crippen LogP contribution in [0, 0.1) is 6.92 Å². The Morgan fingerprint density at radius 3 is 2.59 bits per heavy atom. The van der Waals surface area contributed by atoms with Crippen LogP contribution in [-0.4, -0.2) is 67.0 Å². The Morgan fingerprint density at radius 2 is 1.95 bits per heavy atom. The Balaban J connectivity index is 1.83. The number of carbonyl (C=O) groups excluding carboxylic acids is 1. The zero-order valence-electron chi connectivity index (χ0n) is 27.7. The predicted molar refractivity (Wildman–Crippen MR) is 177 cm³/mol. The lowest BCUT2D eigenvalue weighted by atomic mass is 9.98. The summed E-state index contributed by atoms with van der Waals surface area (Å²) in [5.74, 6) is -0.414. The first kappa shape index (κ1) is 34.7. The van der Waals surface area contributed by atoms with Crippen molar-refractivity contribution in [2.75, 3.05) is 26.9 Å². The average molecular weight is 648 g/mol. The van der Waals surface area contributed by atoms with Gasteiger partial charge in [-0.25, -0.2) is 4.79 Å². The van der Waals surface area contributed by atoms with Gasteiger partial charge in [0.2, 0.25) is 0 Å². The number of benzene rings is 1. The third kappa shape index (κ3) is 7.26. The van der Waals surface area contributed by atoms with Gasteiger partial charge in [0, 0.05) is 55.6 Å². The highest BCUT2D eigenvalue weighted by molar-refractivity contribution is 6.74. The molecule has 11 heteroatoms. The van der Waals surface area contributed by atoms with Crippen LogP contribution in [0.15, 0.2) is 12.1 Å². The minimum Gasteiger partial charge on any atom is -0.464 e. The van der Waals surface area contributed by atoms with E-state index in [-0.39, 0.29) is 24.5 Å². The number of aryl methyl sites for hydroxylation is 3. The predicted octanol–water partition coefficient (Wildman–Crippen LogP) is 7.17. The second kappa shape index (κ2) is 14.5. The molecular formula is C33H50ClN3O6Si. The van der Waals surface area contributed by atoms with Crippen LogP contribution in [0.1, 0.15) is 80.3 Å². The van der Waals surface area contributed by atoms with E-state index >= 15 is 0 Å². The van der Waals surface area contributed by atoms with Gasteiger partial charge in [-0.05, 0) is 75.2 Å². The Morgan fingerprint density at radius 1 is 1.20 bits per heavy atom. The van der Waals surface area contributed by atoms with E-state index in [1.165, 1.54) is 7.11 Å². The molecule has 0 saturated carbocycles. The molecule has 0 aliphatic carbocycles. The Labute approximate surface area is 267 Å². The molecule has 1 N–H and O–H groups in total. The fourth-order valence-electron chi connectivity index (χ4n) is 5.68. The molecule has 0 spiro atoms. The lowest BCUT2D eigenvalue weighted by Crippen LogP contribution is -2.41. The van der Waals surface area contributed by atoms with E-state index in [1.54, 1.807) is 0 Å². The number of halogens is 1. The third-order valence-electron chi connectivity index (χ3n) is 9.24. The van der Waals surface area contributed by atoms with Crippen LogP contribution in [0.25, 0.3) is 22.0 Å². The summed E-state index contributed by atoms with van der Waals surface area (Å²) in [5, 5.41) is 16.2. The maximum Gasteiger partial charge on any atom is 0.354 e. The number of aromatic nitrogens is 3. The van der Waals surface area contributed by atoms with Gasteiger partial charge in [0.05, 0.1) is 29.9 Å². The Bertz CT molecular complexity index is 1450. The van der Waals surface area contributed by atoms with E-state index in [9.17, 15) is 9.90 Å². The van der Waals surface area contributed by atoms with Gasteiger partial charge in [-0.3, -0.25) is 4.68 Å². The number of aliphatic hydroxyl groups excluding tert-OH is 1. The summed E-state index contributed by atoms with van der Waals surface area (Å²) in [7, 11) is 1.40. The number of esters is 1. The number of hydrogen-bond donors (Lipinski definition) is 1. The number of nitrogens with zero attached hydrogens (tertiary/aromatic N) is 3. The molecule has 1 unspecified atom stereocenters. The van der Waals surface area contributed by atoms with Gasteiger partial charge in [-0.2, -0.15) is 5.10 Å². The molecule has 0 amide bonds. The first-order valence-electron chi connectivity index (χ1n) is 15.7. The van der Waals surface area contributed by atoms with Gasteiger partial charge in [-0.15, -0.1) is 0 Å². The number of aliphatic hydroxyl groups is 1. The number of methoxy groups -OCH3 is 1. The van der Waals surface area contributed by atoms with Crippen molar-refractivity contribution in [3.63, 3.8) is 0 Å². The van der Waals surface area contributed by atoms with Gasteiger partial charge in [-0.1, -0.05) is 38.4 Å². The summed E-state index contributed by atoms with van der Waals surface area (Å²) in [4.78, 5) is 13.4. The zero-order chi connectivity index (χ0) is 32.2. The SMILES string of the molecule is COC(=O)c1c(CCCO[Si](C)(C)C(C)(C)C)c2ccc(Cl)c(-c3c(COC4CCCCO4)nn(C)c3C)c2n1CCCO. The smallest absolute Gasteiger partial charge is 0.354 e. The molecule has 1 saturated heterocycles. The Kier molecular flexibility index (Phi) is 11.4. The van der Waals surface area contributed by atoms with Crippen LogP contribution in [0.5, 0.6) is 0 Å². The molecule has 0 radical (unpaired) electrons. The lowest BCUT2D eigenvalue weighted by Gasteiger charge is -2.36. The molecule has 4 rings (SSSR count). The van der Waals surface area contributed by atoms with Gasteiger partial charge >= 0.3 is 5.97 Å². The van der Waals surface area contributed by atoms with E-state index in [1.807, 2.05) is 35.4 Å². The van der Waals surface area contributed by atoms with Crippen molar-refractivity contribution in [2.45, 2.75) is 104 Å². The quantitative estimate of drug-likeness (QED) is 0.119. The molecule has 3 heterocycles. The molecule has 244 valence electrons. The summed E-state index contributed by atoms with van der Waals surface area (Å²) < 4.78 is 27.6. The highest BCUT2D eigenvalue weighted by Crippen LogP contribution is 2.43. The van der Waals surface area contributed by atoms with Crippen molar-refractivity contribution in [3.8, 4) is 11.1 Å². The summed E-state index contributed by atoms with van der Waals surface area (Å²) in [6.07, 6.45) is 4.56. The monoisotopic (exact) mass is 647 g/mol. The Hall–Kier alpha value is -2.21. The standard InChI is InChI=1S/C33H50ClN3O6Si/c1-22-28(26(35-36(22)5)21-42-27-14-9-10-19-41-27)29-25(34)16-15-24-23(13-11-20-43-44(7,8)33(2,3)4)31(32(39)40-6)37(30(24)29)17-12-18-38/h15-16,27,38H,9-14,17-21H2,1-8H3. The normalized spacial score (nSPS) is 16.2. The van der Waals surface area contributed by atoms with E-state index in [0.29, 0.717) is 43.3 Å². The maximum atomic E-state index is 13.4. The molecular weight excluding hydrogens is 598 g/mol. The molecule has 1 fully saturated rings. The third-order valence-corrected chi connectivity index (χ3v) is 14.1. The van der Waals surface area contributed by atoms with Crippen molar-refractivity contribution in [1.82, 2.24) is 14.3 Å². The minimum absolute atomic E-state index is 0.0156. The number of hydrogen-bond acceptors (Lipinski definition) is 7. The topological polar surface area (TPSA) is 97.0 Å². The number of carbonyl (C=O) groups is 1. The van der Waals surface area contributed by atoms with Crippen molar-refractivity contribution >= 4 is 36.8 Å². The van der Waals surface area contributed by atoms with Gasteiger partial charge in [0.1, 0.15) is 5.69 Å². The molecule has 9 nitrogen and oxygen atoms in total. The molecule has 0 bridgehead atoms. The van der Waals surface area contributed by atoms with Crippen molar-refractivity contribution in [2.24, 2.45) is 7.05 Å². The summed E-state index contributed by atoms with van der Waals surface area (Å²) >= 11 is 7.04. The summed E-state index contributed by atoms with van der Waals surface area (Å²) in [6, 6.07) is 3.89. The van der Waals surface area contributed by atoms with Crippen LogP contribution in [0.4, 0.5) is 0 Å². The maximum absolute atomic E-state index is 13.4. The van der Waals surface area contributed by atoms with E-state index in [0.717, 1.165) is 64.7 Å². The largest absolute Gasteiger partial charge is 0.464 e. The average Bonchev–Trinajstić information content (AvgIpc) is 3.45. The molecule has 1 aromatic carbocycles. The number of fused-ring (bicyclic) bond motifs is 1. The van der Waals surface area contributed by atoms with Crippen LogP contribution < -0.4 is 0 Å². The van der Waals surface area contributed by atoms with E-state index in [4.69, 9.17) is 35.3 Å². The van der Waals surface area contributed by atoms with Crippen LogP contribution >= 0.6 is 11.6 Å². The fourth-order valence-corrected chi connectivity index (χ4v) is 7.01. The second-order valence-corrected chi connectivity index (χ2v) is 18.4. The van der Waals surface area contributed by atoms with Crippen molar-refractivity contribution in [3.05, 3.63) is 39.8 Å². The van der Waals surface area contributed by atoms with E-state index < -0.39 is 14.3 Å². The first-order chi connectivity index (χ1) is 20.8. The summed E-state index contributed by atoms with van der Waals surface area (Å²) in [5.41, 5.74) is 5.58. The molecule has 44 heavy (non-hydrogen) atoms. The number of rotatable bonds is 13. The van der Waals surface area contributed by atoms with Crippen LogP contribution in [0.3, 0.4) is 0 Å². The molecule has 3 aromatic rings. The van der Waals surface area contributed by atoms with Crippen molar-refractivity contribution < 1.29 is 28.5 Å². The molecule has 2 aromatic heterocycles. The van der Waals surface area contributed by atoms with Crippen LogP contribution in [0.2, 0.25) is 23.2 Å². The van der Waals surface area contributed by atoms with Gasteiger partial charge in [0.15, 0.2) is 14.6 Å². The molecule has 1 aliphatic rings. The first-order valence-corrected chi connectivity index (χ1v) is 19.0. The van der Waals surface area contributed by atoms with Crippen molar-refractivity contribution in [1.29, 1.82) is 0 Å². The highest BCUT2D eigenvalue weighted by atomic mass is 35.5. The number of ether oxygens (including phenoxy) is 3. The van der Waals surface area contributed by atoms with Gasteiger partial charge < -0.3 is 28.3 Å². The lowest BCUT2D eigenvalue weighted by molar-refractivity contribution is -0.169. The van der Waals surface area contributed by atoms with E-state index in [2.05, 4.69) is 33.9 Å². The van der Waals surface area contributed by atoms with Crippen LogP contribution in [-0.2, 0) is 45.3 Å². The van der Waals surface area contributed by atoms with Gasteiger partial charge in [0.25, 0.3) is 0 Å².